The highest BCUT2D eigenvalue weighted by Crippen LogP contribution is 2.26. The largest absolute Gasteiger partial charge is 0.445 e. The number of alkyl carbamates (subject to hydrolysis) is 1. The lowest BCUT2D eigenvalue weighted by Gasteiger charge is -2.15. The van der Waals surface area contributed by atoms with Gasteiger partial charge in [0, 0.05) is 12.1 Å². The van der Waals surface area contributed by atoms with Gasteiger partial charge in [-0.25, -0.2) is 17.9 Å². The van der Waals surface area contributed by atoms with Crippen molar-refractivity contribution in [1.29, 1.82) is 0 Å². The summed E-state index contributed by atoms with van der Waals surface area (Å²) in [7, 11) is -3.26. The molecule has 4 rings (SSSR count). The lowest BCUT2D eigenvalue weighted by molar-refractivity contribution is 0.132. The van der Waals surface area contributed by atoms with Crippen molar-refractivity contribution in [3.63, 3.8) is 0 Å². The predicted molar refractivity (Wildman–Crippen MR) is 144 cm³/mol. The average Bonchev–Trinajstić information content (AvgIpc) is 3.42. The third kappa shape index (κ3) is 8.25. The lowest BCUT2D eigenvalue weighted by atomic mass is 10.0. The number of hydrogen-bond donors (Lipinski definition) is 2. The van der Waals surface area contributed by atoms with Crippen LogP contribution in [0.3, 0.4) is 0 Å². The zero-order valence-electron chi connectivity index (χ0n) is 21.0. The van der Waals surface area contributed by atoms with Crippen LogP contribution in [-0.2, 0) is 21.4 Å². The van der Waals surface area contributed by atoms with Crippen LogP contribution in [0.15, 0.2) is 89.5 Å². The Kier molecular flexibility index (Phi) is 9.23. The molecular formula is C28H30N4O5S. The molecule has 1 amide bonds. The van der Waals surface area contributed by atoms with Crippen molar-refractivity contribution < 1.29 is 22.5 Å². The van der Waals surface area contributed by atoms with E-state index in [4.69, 9.17) is 9.26 Å². The van der Waals surface area contributed by atoms with Crippen molar-refractivity contribution >= 4 is 16.1 Å². The van der Waals surface area contributed by atoms with Gasteiger partial charge in [0.05, 0.1) is 6.26 Å². The fourth-order valence-electron chi connectivity index (χ4n) is 3.86. The van der Waals surface area contributed by atoms with Gasteiger partial charge in [-0.05, 0) is 42.0 Å². The van der Waals surface area contributed by atoms with Crippen molar-refractivity contribution in [3.05, 3.63) is 96.4 Å². The van der Waals surface area contributed by atoms with Crippen molar-refractivity contribution in [2.24, 2.45) is 0 Å². The molecule has 1 aromatic heterocycles. The maximum atomic E-state index is 12.6. The Bertz CT molecular complexity index is 1430. The molecule has 0 radical (unpaired) electrons. The Morgan fingerprint density at radius 3 is 2.34 bits per heavy atom. The summed E-state index contributed by atoms with van der Waals surface area (Å²) in [5, 5.41) is 6.97. The summed E-state index contributed by atoms with van der Waals surface area (Å²) in [5.74, 6) is 0.652. The molecule has 0 aliphatic carbocycles. The van der Waals surface area contributed by atoms with Gasteiger partial charge in [0.25, 0.3) is 0 Å². The second kappa shape index (κ2) is 13.0. The second-order valence-electron chi connectivity index (χ2n) is 8.82. The summed E-state index contributed by atoms with van der Waals surface area (Å²) >= 11 is 0. The molecule has 0 saturated carbocycles. The molecule has 0 aliphatic rings. The van der Waals surface area contributed by atoms with Crippen LogP contribution in [0.1, 0.15) is 36.8 Å². The van der Waals surface area contributed by atoms with E-state index in [1.807, 2.05) is 84.9 Å². The molecule has 198 valence electrons. The molecule has 10 heteroatoms. The minimum Gasteiger partial charge on any atom is -0.445 e. The van der Waals surface area contributed by atoms with Crippen molar-refractivity contribution in [2.75, 3.05) is 12.8 Å². The minimum absolute atomic E-state index is 0.124. The molecule has 0 aliphatic heterocycles. The SMILES string of the molecule is CS(=O)(=O)NCCCC[C@H](NC(=O)OCc1ccccc1)c1nc(-c2cccc(-c3ccccc3)c2)no1. The average molecular weight is 535 g/mol. The molecule has 3 aromatic carbocycles. The number of aromatic nitrogens is 2. The Morgan fingerprint density at radius 1 is 0.921 bits per heavy atom. The number of carbonyl (C=O) groups excluding carboxylic acids is 1. The fraction of sp³-hybridized carbons (Fsp3) is 0.250. The van der Waals surface area contributed by atoms with E-state index in [0.29, 0.717) is 31.6 Å². The van der Waals surface area contributed by atoms with E-state index < -0.39 is 22.2 Å². The molecule has 0 bridgehead atoms. The molecule has 0 saturated heterocycles. The second-order valence-corrected chi connectivity index (χ2v) is 10.7. The van der Waals surface area contributed by atoms with Gasteiger partial charge in [-0.2, -0.15) is 4.98 Å². The molecule has 0 unspecified atom stereocenters. The summed E-state index contributed by atoms with van der Waals surface area (Å²) in [5.41, 5.74) is 3.74. The van der Waals surface area contributed by atoms with Gasteiger partial charge in [-0.3, -0.25) is 0 Å². The molecule has 4 aromatic rings. The van der Waals surface area contributed by atoms with Crippen LogP contribution in [0, 0.1) is 0 Å². The summed E-state index contributed by atoms with van der Waals surface area (Å²) < 4.78 is 36.0. The van der Waals surface area contributed by atoms with E-state index in [0.717, 1.165) is 28.5 Å². The monoisotopic (exact) mass is 534 g/mol. The number of nitrogens with zero attached hydrogens (tertiary/aromatic N) is 2. The van der Waals surface area contributed by atoms with Crippen LogP contribution >= 0.6 is 0 Å². The Morgan fingerprint density at radius 2 is 1.61 bits per heavy atom. The number of sulfonamides is 1. The van der Waals surface area contributed by atoms with Gasteiger partial charge in [-0.15, -0.1) is 0 Å². The first kappa shape index (κ1) is 27.0. The molecule has 1 heterocycles. The third-order valence-corrected chi connectivity index (χ3v) is 6.48. The number of amides is 1. The number of nitrogens with one attached hydrogen (secondary N) is 2. The van der Waals surface area contributed by atoms with Gasteiger partial charge in [0.15, 0.2) is 0 Å². The lowest BCUT2D eigenvalue weighted by Crippen LogP contribution is -2.29. The van der Waals surface area contributed by atoms with Crippen LogP contribution in [0.25, 0.3) is 22.5 Å². The smallest absolute Gasteiger partial charge is 0.408 e. The summed E-state index contributed by atoms with van der Waals surface area (Å²) in [6, 6.07) is 26.6. The van der Waals surface area contributed by atoms with Gasteiger partial charge in [-0.1, -0.05) is 84.0 Å². The van der Waals surface area contributed by atoms with Gasteiger partial charge in [0.2, 0.25) is 21.7 Å². The summed E-state index contributed by atoms with van der Waals surface area (Å²) in [4.78, 5) is 17.1. The topological polar surface area (TPSA) is 123 Å². The Labute approximate surface area is 222 Å². The zero-order valence-corrected chi connectivity index (χ0v) is 21.9. The van der Waals surface area contributed by atoms with E-state index in [9.17, 15) is 13.2 Å². The maximum absolute atomic E-state index is 12.6. The standard InChI is InChI=1S/C28H30N4O5S/c1-38(34,35)29-18-9-8-17-25(30-28(33)36-20-21-11-4-2-5-12-21)27-31-26(32-37-27)24-16-10-15-23(19-24)22-13-6-3-7-14-22/h2-7,10-16,19,25,29H,8-9,17-18,20H2,1H3,(H,30,33)/t25-/m0/s1. The first-order chi connectivity index (χ1) is 18.4. The van der Waals surface area contributed by atoms with Gasteiger partial charge >= 0.3 is 6.09 Å². The number of rotatable bonds is 12. The normalized spacial score (nSPS) is 12.1. The van der Waals surface area contributed by atoms with Crippen LogP contribution in [0.5, 0.6) is 0 Å². The molecule has 0 fully saturated rings. The molecule has 1 atom stereocenters. The molecule has 0 spiro atoms. The van der Waals surface area contributed by atoms with Gasteiger partial charge < -0.3 is 14.6 Å². The van der Waals surface area contributed by atoms with Gasteiger partial charge in [0.1, 0.15) is 12.6 Å². The van der Waals surface area contributed by atoms with Crippen LogP contribution < -0.4 is 10.0 Å². The van der Waals surface area contributed by atoms with E-state index >= 15 is 0 Å². The molecule has 9 nitrogen and oxygen atoms in total. The number of hydrogen-bond acceptors (Lipinski definition) is 7. The molecule has 2 N–H and O–H groups in total. The highest BCUT2D eigenvalue weighted by molar-refractivity contribution is 7.88. The zero-order chi connectivity index (χ0) is 26.8. The Balaban J connectivity index is 1.45. The molecule has 38 heavy (non-hydrogen) atoms. The van der Waals surface area contributed by atoms with E-state index in [1.165, 1.54) is 0 Å². The predicted octanol–water partition coefficient (Wildman–Crippen LogP) is 5.09. The first-order valence-corrected chi connectivity index (χ1v) is 14.2. The first-order valence-electron chi connectivity index (χ1n) is 12.3. The van der Waals surface area contributed by atoms with Crippen LogP contribution in [-0.4, -0.2) is 37.5 Å². The van der Waals surface area contributed by atoms with Crippen LogP contribution in [0.2, 0.25) is 0 Å². The van der Waals surface area contributed by atoms with E-state index in [-0.39, 0.29) is 12.5 Å². The third-order valence-electron chi connectivity index (χ3n) is 5.76. The van der Waals surface area contributed by atoms with E-state index in [2.05, 4.69) is 20.2 Å². The van der Waals surface area contributed by atoms with Crippen molar-refractivity contribution in [3.8, 4) is 22.5 Å². The minimum atomic E-state index is -3.26. The quantitative estimate of drug-likeness (QED) is 0.243. The summed E-state index contributed by atoms with van der Waals surface area (Å²) in [6.07, 6.45) is 2.14. The highest BCUT2D eigenvalue weighted by atomic mass is 32.2. The fourth-order valence-corrected chi connectivity index (χ4v) is 4.37. The number of carbonyl (C=O) groups is 1. The maximum Gasteiger partial charge on any atom is 0.408 e. The summed E-state index contributed by atoms with van der Waals surface area (Å²) in [6.45, 7) is 0.421. The molecular weight excluding hydrogens is 504 g/mol. The number of benzene rings is 3. The number of unbranched alkanes of at least 4 members (excludes halogenated alkanes) is 1. The van der Waals surface area contributed by atoms with E-state index in [1.54, 1.807) is 0 Å². The van der Waals surface area contributed by atoms with Crippen molar-refractivity contribution in [1.82, 2.24) is 20.2 Å². The van der Waals surface area contributed by atoms with Crippen molar-refractivity contribution in [2.45, 2.75) is 31.9 Å². The Hall–Kier alpha value is -4.02. The highest BCUT2D eigenvalue weighted by Gasteiger charge is 2.22. The number of ether oxygens (including phenoxy) is 1. The van der Waals surface area contributed by atoms with Crippen LogP contribution in [0.4, 0.5) is 4.79 Å².